The van der Waals surface area contributed by atoms with Gasteiger partial charge in [0, 0.05) is 12.4 Å². The van der Waals surface area contributed by atoms with Crippen LogP contribution in [0.4, 0.5) is 5.69 Å². The lowest BCUT2D eigenvalue weighted by Crippen LogP contribution is -2.50. The summed E-state index contributed by atoms with van der Waals surface area (Å²) < 4.78 is 34.2. The van der Waals surface area contributed by atoms with Crippen molar-refractivity contribution in [1.82, 2.24) is 15.3 Å². The van der Waals surface area contributed by atoms with Crippen molar-refractivity contribution in [3.05, 3.63) is 78.2 Å². The van der Waals surface area contributed by atoms with Gasteiger partial charge in [-0.15, -0.1) is 0 Å². The zero-order chi connectivity index (χ0) is 23.1. The highest BCUT2D eigenvalue weighted by Crippen LogP contribution is 2.35. The van der Waals surface area contributed by atoms with Crippen molar-refractivity contribution in [2.24, 2.45) is 0 Å². The molecule has 3 aromatic rings. The van der Waals surface area contributed by atoms with Gasteiger partial charge in [0.2, 0.25) is 5.91 Å². The van der Waals surface area contributed by atoms with Gasteiger partial charge in [0.1, 0.15) is 11.8 Å². The molecule has 0 saturated heterocycles. The van der Waals surface area contributed by atoms with Crippen molar-refractivity contribution >= 4 is 21.6 Å². The van der Waals surface area contributed by atoms with E-state index in [1.807, 2.05) is 6.07 Å². The van der Waals surface area contributed by atoms with Crippen molar-refractivity contribution in [3.8, 4) is 5.75 Å². The molecule has 1 atom stereocenters. The summed E-state index contributed by atoms with van der Waals surface area (Å²) in [4.78, 5) is 21.5. The number of carbonyl (C=O) groups excluding carboxylic acids is 1. The Kier molecular flexibility index (Phi) is 7.42. The predicted octanol–water partition coefficient (Wildman–Crippen LogP) is 3.08. The summed E-state index contributed by atoms with van der Waals surface area (Å²) in [5.74, 6) is -0.109. The molecule has 3 rings (SSSR count). The van der Waals surface area contributed by atoms with Crippen LogP contribution in [0.2, 0.25) is 0 Å². The number of para-hydroxylation sites is 2. The normalized spacial score (nSPS) is 12.1. The van der Waals surface area contributed by atoms with Gasteiger partial charge in [-0.25, -0.2) is 9.29 Å². The van der Waals surface area contributed by atoms with E-state index in [1.165, 1.54) is 13.3 Å². The maximum Gasteiger partial charge on any atom is 0.282 e. The molecule has 1 N–H and O–H groups in total. The molecule has 32 heavy (non-hydrogen) atoms. The number of rotatable bonds is 9. The van der Waals surface area contributed by atoms with Crippen LogP contribution in [-0.4, -0.2) is 37.4 Å². The number of hydrogen-bond donors (Lipinski definition) is 1. The van der Waals surface area contributed by atoms with Gasteiger partial charge in [0.05, 0.1) is 25.0 Å². The van der Waals surface area contributed by atoms with E-state index in [0.717, 1.165) is 4.31 Å². The third-order valence-corrected chi connectivity index (χ3v) is 6.81. The lowest BCUT2D eigenvalue weighted by atomic mass is 10.1. The Morgan fingerprint density at radius 2 is 1.78 bits per heavy atom. The quantitative estimate of drug-likeness (QED) is 0.533. The number of ether oxygens (including phenoxy) is 1. The highest BCUT2D eigenvalue weighted by molar-refractivity contribution is 7.92. The first-order valence-electron chi connectivity index (χ1n) is 10.2. The molecule has 0 fully saturated rings. The highest BCUT2D eigenvalue weighted by Gasteiger charge is 2.38. The Morgan fingerprint density at radius 3 is 2.44 bits per heavy atom. The first-order chi connectivity index (χ1) is 15.4. The molecule has 9 heteroatoms. The molecule has 0 radical (unpaired) electrons. The van der Waals surface area contributed by atoms with Gasteiger partial charge in [0.15, 0.2) is 5.03 Å². The second kappa shape index (κ2) is 10.2. The third kappa shape index (κ3) is 4.88. The summed E-state index contributed by atoms with van der Waals surface area (Å²) >= 11 is 0. The summed E-state index contributed by atoms with van der Waals surface area (Å²) in [7, 11) is -2.73. The number of nitrogens with zero attached hydrogens (tertiary/aromatic N) is 3. The smallest absolute Gasteiger partial charge is 0.282 e. The van der Waals surface area contributed by atoms with Crippen LogP contribution >= 0.6 is 0 Å². The molecule has 2 heterocycles. The van der Waals surface area contributed by atoms with Crippen LogP contribution < -0.4 is 14.4 Å². The maximum absolute atomic E-state index is 13.8. The Bertz CT molecular complexity index is 1170. The number of methoxy groups -OCH3 is 1. The summed E-state index contributed by atoms with van der Waals surface area (Å²) in [6.07, 6.45) is 3.29. The van der Waals surface area contributed by atoms with Crippen molar-refractivity contribution in [3.63, 3.8) is 0 Å². The van der Waals surface area contributed by atoms with Gasteiger partial charge < -0.3 is 10.1 Å². The third-order valence-electron chi connectivity index (χ3n) is 4.93. The van der Waals surface area contributed by atoms with Crippen molar-refractivity contribution in [2.75, 3.05) is 11.4 Å². The van der Waals surface area contributed by atoms with E-state index in [4.69, 9.17) is 4.74 Å². The lowest BCUT2D eigenvalue weighted by Gasteiger charge is -2.32. The number of amides is 1. The van der Waals surface area contributed by atoms with Crippen LogP contribution in [0.15, 0.2) is 72.0 Å². The van der Waals surface area contributed by atoms with E-state index in [9.17, 15) is 13.2 Å². The van der Waals surface area contributed by atoms with Crippen LogP contribution in [0, 0.1) is 6.92 Å². The number of carbonyl (C=O) groups is 1. The average Bonchev–Trinajstić information content (AvgIpc) is 2.81. The number of nitrogens with one attached hydrogen (secondary N) is 1. The molecule has 2 aromatic heterocycles. The first kappa shape index (κ1) is 23.2. The van der Waals surface area contributed by atoms with Gasteiger partial charge >= 0.3 is 0 Å². The predicted molar refractivity (Wildman–Crippen MR) is 122 cm³/mol. The average molecular weight is 455 g/mol. The summed E-state index contributed by atoms with van der Waals surface area (Å²) in [6, 6.07) is 14.4. The molecule has 0 bridgehead atoms. The fourth-order valence-corrected chi connectivity index (χ4v) is 5.21. The molecule has 1 amide bonds. The molecule has 0 spiro atoms. The number of benzene rings is 1. The Labute approximate surface area is 188 Å². The number of hydrogen-bond acceptors (Lipinski definition) is 6. The fraction of sp³-hybridized carbons (Fsp3) is 0.261. The summed E-state index contributed by atoms with van der Waals surface area (Å²) in [5, 5.41) is 2.70. The Morgan fingerprint density at radius 1 is 1.06 bits per heavy atom. The van der Waals surface area contributed by atoms with Crippen LogP contribution in [0.1, 0.15) is 24.6 Å². The lowest BCUT2D eigenvalue weighted by molar-refractivity contribution is -0.122. The Balaban J connectivity index is 2.06. The van der Waals surface area contributed by atoms with Crippen LogP contribution in [0.25, 0.3) is 0 Å². The van der Waals surface area contributed by atoms with E-state index in [1.54, 1.807) is 68.6 Å². The molecule has 0 aliphatic rings. The van der Waals surface area contributed by atoms with Gasteiger partial charge in [0.25, 0.3) is 10.0 Å². The minimum absolute atomic E-state index is 0.109. The summed E-state index contributed by atoms with van der Waals surface area (Å²) in [5.41, 5.74) is 1.42. The van der Waals surface area contributed by atoms with E-state index in [0.29, 0.717) is 17.0 Å². The summed E-state index contributed by atoms with van der Waals surface area (Å²) in [6.45, 7) is 3.61. The van der Waals surface area contributed by atoms with Crippen molar-refractivity contribution < 1.29 is 17.9 Å². The highest BCUT2D eigenvalue weighted by atomic mass is 32.2. The number of anilines is 1. The molecule has 1 unspecified atom stereocenters. The molecular formula is C23H26N4O4S. The number of pyridine rings is 2. The minimum atomic E-state index is -4.19. The van der Waals surface area contributed by atoms with Crippen molar-refractivity contribution in [1.29, 1.82) is 0 Å². The Hall–Kier alpha value is -3.46. The van der Waals surface area contributed by atoms with Gasteiger partial charge in [-0.05, 0) is 49.2 Å². The van der Waals surface area contributed by atoms with Gasteiger partial charge in [-0.3, -0.25) is 9.78 Å². The first-order valence-corrected chi connectivity index (χ1v) is 11.6. The van der Waals surface area contributed by atoms with E-state index >= 15 is 0 Å². The monoisotopic (exact) mass is 454 g/mol. The molecular weight excluding hydrogens is 428 g/mol. The SMILES string of the molecule is CCC(C(=O)NCc1ccccn1)N(c1ccccc1OC)S(=O)(=O)c1ncccc1C. The second-order valence-electron chi connectivity index (χ2n) is 7.06. The molecule has 0 aliphatic carbocycles. The van der Waals surface area contributed by atoms with Crippen LogP contribution in [-0.2, 0) is 21.4 Å². The van der Waals surface area contributed by atoms with E-state index in [2.05, 4.69) is 15.3 Å². The van der Waals surface area contributed by atoms with E-state index in [-0.39, 0.29) is 23.7 Å². The largest absolute Gasteiger partial charge is 0.495 e. The number of aryl methyl sites for hydroxylation is 1. The minimum Gasteiger partial charge on any atom is -0.495 e. The fourth-order valence-electron chi connectivity index (χ4n) is 3.37. The van der Waals surface area contributed by atoms with Crippen LogP contribution in [0.5, 0.6) is 5.75 Å². The standard InChI is InChI=1S/C23H26N4O4S/c1-4-19(22(28)26-16-18-11-7-8-14-24-18)27(20-12-5-6-13-21(20)31-3)32(29,30)23-17(2)10-9-15-25-23/h5-15,19H,4,16H2,1-3H3,(H,26,28). The number of sulfonamides is 1. The zero-order valence-corrected chi connectivity index (χ0v) is 19.0. The molecule has 1 aromatic carbocycles. The molecule has 168 valence electrons. The zero-order valence-electron chi connectivity index (χ0n) is 18.2. The molecule has 8 nitrogen and oxygen atoms in total. The van der Waals surface area contributed by atoms with Gasteiger partial charge in [-0.2, -0.15) is 8.42 Å². The van der Waals surface area contributed by atoms with Crippen LogP contribution in [0.3, 0.4) is 0 Å². The number of aromatic nitrogens is 2. The maximum atomic E-state index is 13.8. The second-order valence-corrected chi connectivity index (χ2v) is 8.79. The molecule has 0 aliphatic heterocycles. The topological polar surface area (TPSA) is 101 Å². The van der Waals surface area contributed by atoms with Crippen molar-refractivity contribution in [2.45, 2.75) is 37.9 Å². The van der Waals surface area contributed by atoms with Gasteiger partial charge in [-0.1, -0.05) is 31.2 Å². The molecule has 0 saturated carbocycles. The van der Waals surface area contributed by atoms with E-state index < -0.39 is 22.0 Å².